The molecule has 12 heteroatoms. The molecule has 0 N–H and O–H groups in total. The van der Waals surface area contributed by atoms with Gasteiger partial charge in [-0.1, -0.05) is 0 Å². The van der Waals surface area contributed by atoms with Crippen LogP contribution in [0.4, 0.5) is 4.79 Å². The fourth-order valence-electron chi connectivity index (χ4n) is 0. The summed E-state index contributed by atoms with van der Waals surface area (Å²) in [5, 5.41) is 44.7. The van der Waals surface area contributed by atoms with E-state index in [4.69, 9.17) is 36.0 Å². The number of carboxylic acid groups (broad SMARTS) is 2. The van der Waals surface area contributed by atoms with Crippen molar-refractivity contribution in [3.05, 3.63) is 0 Å². The van der Waals surface area contributed by atoms with Crippen LogP contribution >= 0.6 is 0 Å². The summed E-state index contributed by atoms with van der Waals surface area (Å²) in [4.78, 5) is 8.33. The molecule has 0 rings (SSSR count). The Morgan fingerprint density at radius 1 is 0.769 bits per heavy atom. The molecule has 0 amide bonds. The zero-order valence-electron chi connectivity index (χ0n) is 7.21. The molecule has 0 aliphatic heterocycles. The summed E-state index contributed by atoms with van der Waals surface area (Å²) in [6.45, 7) is 0. The third-order valence-corrected chi connectivity index (χ3v) is 0. The van der Waals surface area contributed by atoms with E-state index in [9.17, 15) is 0 Å². The zero-order chi connectivity index (χ0) is 7.58. The average molecular weight is 308 g/mol. The molecule has 0 atom stereocenters. The Balaban J connectivity index is -0.00000000429. The summed E-state index contributed by atoms with van der Waals surface area (Å²) in [5.74, 6) is 0. The molecule has 0 unspecified atom stereocenters. The van der Waals surface area contributed by atoms with Gasteiger partial charge in [-0.15, -0.1) is 0 Å². The maximum atomic E-state index is 8.33. The van der Waals surface area contributed by atoms with Gasteiger partial charge in [-0.3, -0.25) is 0 Å². The van der Waals surface area contributed by atoms with Crippen molar-refractivity contribution in [3.8, 4) is 0 Å². The van der Waals surface area contributed by atoms with Crippen molar-refractivity contribution in [1.29, 1.82) is 0 Å². The van der Waals surface area contributed by atoms with E-state index in [0.717, 1.165) is 0 Å². The summed E-state index contributed by atoms with van der Waals surface area (Å²) >= 11 is 0. The van der Waals surface area contributed by atoms with Crippen LogP contribution in [-0.4, -0.2) is 6.16 Å². The van der Waals surface area contributed by atoms with E-state index < -0.39 is 6.16 Å². The van der Waals surface area contributed by atoms with Crippen molar-refractivity contribution >= 4 is 6.16 Å². The number of carbonyl (C=O) groups excluding carboxylic acids is 1. The Kier molecular flexibility index (Phi) is 284. The molecule has 8 nitrogen and oxygen atoms in total. The summed E-state index contributed by atoms with van der Waals surface area (Å²) in [7, 11) is 0. The van der Waals surface area contributed by atoms with Crippen LogP contribution in [0.25, 0.3) is 0 Å². The molecule has 65 valence electrons. The summed E-state index contributed by atoms with van der Waals surface area (Å²) < 4.78 is 0. The standard InChI is InChI=1S/CH2O3.3K.2O2.O.V/c2-1(3)4;;;;2*1-2;;/h(H2,2,3,4);;;;;;;/q;3*+1;3*-2;/p-2. The van der Waals surface area contributed by atoms with Gasteiger partial charge in [0.1, 0.15) is 0 Å². The van der Waals surface area contributed by atoms with Crippen LogP contribution < -0.4 is 185 Å². The molecule has 13 heavy (non-hydrogen) atoms. The number of carbonyl (C=O) groups is 1. The van der Waals surface area contributed by atoms with Gasteiger partial charge in [0.2, 0.25) is 0 Å². The van der Waals surface area contributed by atoms with Crippen LogP contribution in [-0.2, 0) is 24.0 Å². The summed E-state index contributed by atoms with van der Waals surface area (Å²) in [6, 6.07) is 0. The van der Waals surface area contributed by atoms with Crippen LogP contribution in [0.3, 0.4) is 0 Å². The van der Waals surface area contributed by atoms with Crippen LogP contribution in [0.2, 0.25) is 0 Å². The Morgan fingerprint density at radius 3 is 0.769 bits per heavy atom. The first-order valence-electron chi connectivity index (χ1n) is 0.946. The molecule has 0 bridgehead atoms. The minimum atomic E-state index is -2.33. The predicted octanol–water partition coefficient (Wildman–Crippen LogP) is -16.3. The quantitative estimate of drug-likeness (QED) is 0.241. The minimum Gasteiger partial charge on any atom is -2.00 e. The van der Waals surface area contributed by atoms with Gasteiger partial charge in [0.25, 0.3) is 0 Å². The molecule has 1 radical (unpaired) electrons. The van der Waals surface area contributed by atoms with E-state index in [-0.39, 0.29) is 178 Å². The third-order valence-electron chi connectivity index (χ3n) is 0. The van der Waals surface area contributed by atoms with Crippen molar-refractivity contribution in [1.82, 2.24) is 0 Å². The second-order valence-electron chi connectivity index (χ2n) is 0.250. The molecular formula is CK3O8V-5. The van der Waals surface area contributed by atoms with E-state index in [0.29, 0.717) is 0 Å². The van der Waals surface area contributed by atoms with Crippen molar-refractivity contribution < 1.29 is 214 Å². The van der Waals surface area contributed by atoms with E-state index in [2.05, 4.69) is 0 Å². The van der Waals surface area contributed by atoms with Crippen LogP contribution in [0.15, 0.2) is 0 Å². The van der Waals surface area contributed by atoms with Crippen LogP contribution in [0.5, 0.6) is 0 Å². The van der Waals surface area contributed by atoms with E-state index >= 15 is 0 Å². The molecule has 0 fully saturated rings. The zero-order valence-corrected chi connectivity index (χ0v) is 18.0. The topological polar surface area (TPSA) is 184 Å². The first-order valence-corrected chi connectivity index (χ1v) is 0.946. The Labute approximate surface area is 214 Å². The molecule has 0 heterocycles. The maximum absolute atomic E-state index is 8.33. The maximum Gasteiger partial charge on any atom is 1.00 e. The third kappa shape index (κ3) is 169. The fraction of sp³-hybridized carbons (Fsp3) is 0. The van der Waals surface area contributed by atoms with E-state index in [1.807, 2.05) is 0 Å². The Bertz CT molecular complexity index is 42.4. The molecule has 0 aromatic heterocycles. The first kappa shape index (κ1) is 52.7. The second-order valence-corrected chi connectivity index (χ2v) is 0.250. The Hall–Kier alpha value is 4.56. The fourth-order valence-corrected chi connectivity index (χ4v) is 0. The van der Waals surface area contributed by atoms with Gasteiger partial charge in [0.15, 0.2) is 0 Å². The average Bonchev–Trinajstić information content (AvgIpc) is 1.75. The molecular weight excluding hydrogens is 308 g/mol. The van der Waals surface area contributed by atoms with Gasteiger partial charge >= 0.3 is 154 Å². The molecule has 0 saturated heterocycles. The smallest absolute Gasteiger partial charge is 1.00 e. The molecule has 0 aliphatic carbocycles. The summed E-state index contributed by atoms with van der Waals surface area (Å²) in [5.41, 5.74) is 0. The van der Waals surface area contributed by atoms with Crippen molar-refractivity contribution in [3.63, 3.8) is 0 Å². The van der Waals surface area contributed by atoms with Crippen molar-refractivity contribution in [2.45, 2.75) is 0 Å². The number of hydrogen-bond acceptors (Lipinski definition) is 7. The Morgan fingerprint density at radius 2 is 0.769 bits per heavy atom. The predicted molar refractivity (Wildman–Crippen MR) is 6.08 cm³/mol. The minimum absolute atomic E-state index is 0. The summed E-state index contributed by atoms with van der Waals surface area (Å²) in [6.07, 6.45) is -2.33. The molecule has 0 spiro atoms. The van der Waals surface area contributed by atoms with Gasteiger partial charge in [0, 0.05) is 18.6 Å². The molecule has 0 aliphatic rings. The monoisotopic (exact) mass is 308 g/mol. The normalized spacial score (nSPS) is 2.77. The number of rotatable bonds is 0. The molecule has 0 aromatic carbocycles. The van der Waals surface area contributed by atoms with Crippen molar-refractivity contribution in [2.24, 2.45) is 0 Å². The number of hydrogen-bond donors (Lipinski definition) is 0. The largest absolute Gasteiger partial charge is 2.00 e. The van der Waals surface area contributed by atoms with E-state index in [1.54, 1.807) is 0 Å². The van der Waals surface area contributed by atoms with Crippen LogP contribution in [0.1, 0.15) is 0 Å². The van der Waals surface area contributed by atoms with Crippen molar-refractivity contribution in [2.75, 3.05) is 0 Å². The first-order chi connectivity index (χ1) is 3.73. The van der Waals surface area contributed by atoms with Gasteiger partial charge in [-0.05, 0) is 6.16 Å². The van der Waals surface area contributed by atoms with Gasteiger partial charge in [-0.2, -0.15) is 0 Å². The molecule has 0 saturated carbocycles. The van der Waals surface area contributed by atoms with E-state index in [1.165, 1.54) is 0 Å². The molecule has 0 aromatic rings. The SMILES string of the molecule is O=C([O-])[O-].[K+].[K+].[K+].[O-2].[O-][O-].[O-][O-].[V]. The van der Waals surface area contributed by atoms with Crippen LogP contribution in [0, 0.1) is 0 Å². The second kappa shape index (κ2) is 70.1. The van der Waals surface area contributed by atoms with Gasteiger partial charge in [0.05, 0.1) is 0 Å². The van der Waals surface area contributed by atoms with Gasteiger partial charge < -0.3 is 41.5 Å². The van der Waals surface area contributed by atoms with Gasteiger partial charge in [-0.25, -0.2) is 0 Å².